The summed E-state index contributed by atoms with van der Waals surface area (Å²) in [5, 5.41) is 7.23. The quantitative estimate of drug-likeness (QED) is 0.149. The molecule has 1 aliphatic carbocycles. The van der Waals surface area contributed by atoms with E-state index in [1.54, 1.807) is 0 Å². The molecule has 0 amide bonds. The van der Waals surface area contributed by atoms with E-state index < -0.39 is 5.41 Å². The molecule has 0 bridgehead atoms. The van der Waals surface area contributed by atoms with Crippen molar-refractivity contribution in [1.29, 1.82) is 0 Å². The highest BCUT2D eigenvalue weighted by atomic mass is 14.9. The molecule has 2 heteroatoms. The Hall–Kier alpha value is -8.72. The van der Waals surface area contributed by atoms with Crippen LogP contribution in [0.15, 0.2) is 255 Å². The van der Waals surface area contributed by atoms with Gasteiger partial charge in [0.05, 0.1) is 16.8 Å². The Bertz CT molecular complexity index is 3780. The SMILES string of the molecule is c1ccc(-c2ccc(-c3cc(-c4cccc5c6ccccc6c6cc(-c7ccc8c(c7)C(c7ccccc7)(c7ccccc7)c7ccccc7-8)ccc6c45)nc(-c4ccccc4)n3)cc2)cc1. The lowest BCUT2D eigenvalue weighted by Gasteiger charge is -2.34. The molecule has 0 atom stereocenters. The molecule has 0 saturated heterocycles. The maximum Gasteiger partial charge on any atom is 0.160 e. The minimum Gasteiger partial charge on any atom is -0.228 e. The number of hydrogen-bond donors (Lipinski definition) is 0. The van der Waals surface area contributed by atoms with E-state index in [0.717, 1.165) is 28.1 Å². The highest BCUT2D eigenvalue weighted by Crippen LogP contribution is 2.57. The molecule has 0 unspecified atom stereocenters. The Labute approximate surface area is 390 Å². The zero-order chi connectivity index (χ0) is 44.3. The van der Waals surface area contributed by atoms with Crippen LogP contribution in [0, 0.1) is 0 Å². The lowest BCUT2D eigenvalue weighted by molar-refractivity contribution is 0.769. The van der Waals surface area contributed by atoms with Gasteiger partial charge in [-0.15, -0.1) is 0 Å². The van der Waals surface area contributed by atoms with Crippen LogP contribution in [0.2, 0.25) is 0 Å². The lowest BCUT2D eigenvalue weighted by Crippen LogP contribution is -2.28. The van der Waals surface area contributed by atoms with Gasteiger partial charge in [-0.05, 0) is 106 Å². The molecular weight excluding hydrogens is 809 g/mol. The second-order valence-electron chi connectivity index (χ2n) is 17.6. The molecule has 0 aliphatic heterocycles. The number of benzene rings is 11. The smallest absolute Gasteiger partial charge is 0.160 e. The molecule has 0 saturated carbocycles. The molecule has 12 aromatic rings. The zero-order valence-electron chi connectivity index (χ0n) is 36.6. The zero-order valence-corrected chi connectivity index (χ0v) is 36.6. The van der Waals surface area contributed by atoms with E-state index in [1.165, 1.54) is 88.0 Å². The minimum atomic E-state index is -0.474. The van der Waals surface area contributed by atoms with E-state index >= 15 is 0 Å². The van der Waals surface area contributed by atoms with Crippen molar-refractivity contribution in [1.82, 2.24) is 9.97 Å². The van der Waals surface area contributed by atoms with Crippen LogP contribution in [0.5, 0.6) is 0 Å². The summed E-state index contributed by atoms with van der Waals surface area (Å²) < 4.78 is 0. The van der Waals surface area contributed by atoms with Crippen molar-refractivity contribution in [2.45, 2.75) is 5.41 Å². The monoisotopic (exact) mass is 850 g/mol. The van der Waals surface area contributed by atoms with Crippen molar-refractivity contribution in [3.63, 3.8) is 0 Å². The van der Waals surface area contributed by atoms with Gasteiger partial charge < -0.3 is 0 Å². The fraction of sp³-hybridized carbons (Fsp3) is 0.0154. The van der Waals surface area contributed by atoms with Gasteiger partial charge in [0.1, 0.15) is 0 Å². The van der Waals surface area contributed by atoms with Gasteiger partial charge in [0.15, 0.2) is 5.82 Å². The van der Waals surface area contributed by atoms with Crippen LogP contribution in [-0.2, 0) is 5.41 Å². The first-order chi connectivity index (χ1) is 33.2. The molecule has 0 spiro atoms. The second kappa shape index (κ2) is 15.8. The fourth-order valence-electron chi connectivity index (χ4n) is 10.9. The molecule has 312 valence electrons. The van der Waals surface area contributed by atoms with Gasteiger partial charge in [0.2, 0.25) is 0 Å². The van der Waals surface area contributed by atoms with Crippen molar-refractivity contribution in [2.24, 2.45) is 0 Å². The summed E-state index contributed by atoms with van der Waals surface area (Å²) >= 11 is 0. The van der Waals surface area contributed by atoms with Crippen molar-refractivity contribution in [2.75, 3.05) is 0 Å². The fourth-order valence-corrected chi connectivity index (χ4v) is 10.9. The highest BCUT2D eigenvalue weighted by molar-refractivity contribution is 6.28. The van der Waals surface area contributed by atoms with Gasteiger partial charge >= 0.3 is 0 Å². The molecule has 2 nitrogen and oxygen atoms in total. The largest absolute Gasteiger partial charge is 0.228 e. The summed E-state index contributed by atoms with van der Waals surface area (Å²) in [4.78, 5) is 10.6. The van der Waals surface area contributed by atoms with Crippen LogP contribution in [0.25, 0.3) is 99.6 Å². The van der Waals surface area contributed by atoms with Crippen molar-refractivity contribution in [3.05, 3.63) is 277 Å². The molecule has 1 aromatic heterocycles. The maximum atomic E-state index is 5.37. The van der Waals surface area contributed by atoms with E-state index in [2.05, 4.69) is 249 Å². The van der Waals surface area contributed by atoms with Gasteiger partial charge in [-0.1, -0.05) is 237 Å². The maximum absolute atomic E-state index is 5.37. The highest BCUT2D eigenvalue weighted by Gasteiger charge is 2.46. The van der Waals surface area contributed by atoms with Crippen molar-refractivity contribution in [3.8, 4) is 67.3 Å². The predicted octanol–water partition coefficient (Wildman–Crippen LogP) is 16.6. The summed E-state index contributed by atoms with van der Waals surface area (Å²) in [6.07, 6.45) is 0. The molecule has 13 rings (SSSR count). The minimum absolute atomic E-state index is 0.474. The van der Waals surface area contributed by atoms with E-state index in [9.17, 15) is 0 Å². The molecule has 1 aliphatic rings. The topological polar surface area (TPSA) is 25.8 Å². The van der Waals surface area contributed by atoms with E-state index in [4.69, 9.17) is 9.97 Å². The van der Waals surface area contributed by atoms with E-state index in [0.29, 0.717) is 5.82 Å². The number of aromatic nitrogens is 2. The van der Waals surface area contributed by atoms with Gasteiger partial charge in [-0.25, -0.2) is 9.97 Å². The van der Waals surface area contributed by atoms with Crippen LogP contribution in [0.3, 0.4) is 0 Å². The summed E-state index contributed by atoms with van der Waals surface area (Å²) in [7, 11) is 0. The molecular formula is C65H42N2. The first kappa shape index (κ1) is 38.7. The Kier molecular flexibility index (Phi) is 9.11. The summed E-state index contributed by atoms with van der Waals surface area (Å²) in [5.74, 6) is 0.700. The van der Waals surface area contributed by atoms with Gasteiger partial charge in [0, 0.05) is 16.7 Å². The normalized spacial score (nSPS) is 12.6. The van der Waals surface area contributed by atoms with Crippen molar-refractivity contribution >= 4 is 32.3 Å². The van der Waals surface area contributed by atoms with Crippen molar-refractivity contribution < 1.29 is 0 Å². The average Bonchev–Trinajstić information content (AvgIpc) is 3.72. The number of nitrogens with zero attached hydrogens (tertiary/aromatic N) is 2. The van der Waals surface area contributed by atoms with Crippen LogP contribution >= 0.6 is 0 Å². The molecule has 11 aromatic carbocycles. The first-order valence-electron chi connectivity index (χ1n) is 23.1. The molecule has 0 N–H and O–H groups in total. The third-order valence-corrected chi connectivity index (χ3v) is 14.0. The molecule has 1 heterocycles. The van der Waals surface area contributed by atoms with Crippen LogP contribution < -0.4 is 0 Å². The standard InChI is InChI=1S/C65H42N2/c1-5-18-43(19-6-1)44-32-34-45(35-33-44)61-42-62(67-64(66-61)46-20-7-2-8-21-46)57-30-17-29-55-51-26-13-14-27-52(51)58-40-47(37-39-56(58)63(55)57)48-36-38-54-53-28-15-16-31-59(53)65(60(54)41-48,49-22-9-3-10-23-49)50-24-11-4-12-25-50/h1-42H. The number of hydrogen-bond acceptors (Lipinski definition) is 2. The average molecular weight is 851 g/mol. The summed E-state index contributed by atoms with van der Waals surface area (Å²) in [5.41, 5.74) is 16.8. The van der Waals surface area contributed by atoms with Crippen LogP contribution in [0.1, 0.15) is 22.3 Å². The Morgan fingerprint density at radius 3 is 1.45 bits per heavy atom. The van der Waals surface area contributed by atoms with Crippen LogP contribution in [0.4, 0.5) is 0 Å². The van der Waals surface area contributed by atoms with E-state index in [1.807, 2.05) is 6.07 Å². The number of fused-ring (bicyclic) bond motifs is 9. The third kappa shape index (κ3) is 6.26. The Morgan fingerprint density at radius 2 is 0.731 bits per heavy atom. The lowest BCUT2D eigenvalue weighted by atomic mass is 9.67. The third-order valence-electron chi connectivity index (χ3n) is 14.0. The predicted molar refractivity (Wildman–Crippen MR) is 279 cm³/mol. The van der Waals surface area contributed by atoms with E-state index in [-0.39, 0.29) is 0 Å². The second-order valence-corrected chi connectivity index (χ2v) is 17.6. The van der Waals surface area contributed by atoms with Gasteiger partial charge in [-0.3, -0.25) is 0 Å². The molecule has 0 radical (unpaired) electrons. The molecule has 0 fully saturated rings. The van der Waals surface area contributed by atoms with Gasteiger partial charge in [0.25, 0.3) is 0 Å². The Morgan fingerprint density at radius 1 is 0.254 bits per heavy atom. The van der Waals surface area contributed by atoms with Gasteiger partial charge in [-0.2, -0.15) is 0 Å². The summed E-state index contributed by atoms with van der Waals surface area (Å²) in [6, 6.07) is 92.6. The summed E-state index contributed by atoms with van der Waals surface area (Å²) in [6.45, 7) is 0. The Balaban J connectivity index is 1.01. The number of rotatable bonds is 7. The molecule has 67 heavy (non-hydrogen) atoms. The van der Waals surface area contributed by atoms with Crippen LogP contribution in [-0.4, -0.2) is 9.97 Å². The first-order valence-corrected chi connectivity index (χ1v) is 23.1.